The molecule has 0 radical (unpaired) electrons. The van der Waals surface area contributed by atoms with Crippen molar-refractivity contribution in [2.24, 2.45) is 0 Å². The van der Waals surface area contributed by atoms with Crippen LogP contribution in [0.4, 0.5) is 5.13 Å². The number of aryl methyl sites for hydroxylation is 2. The Morgan fingerprint density at radius 3 is 2.62 bits per heavy atom. The molecule has 148 valence electrons. The summed E-state index contributed by atoms with van der Waals surface area (Å²) in [5, 5.41) is 13.2. The van der Waals surface area contributed by atoms with E-state index in [0.717, 1.165) is 21.7 Å². The average Bonchev–Trinajstić information content (AvgIpc) is 3.02. The van der Waals surface area contributed by atoms with E-state index in [9.17, 15) is 9.59 Å². The van der Waals surface area contributed by atoms with Crippen LogP contribution in [0, 0.1) is 32.1 Å². The molecule has 3 rings (SSSR count). The summed E-state index contributed by atoms with van der Waals surface area (Å²) >= 11 is 7.35. The summed E-state index contributed by atoms with van der Waals surface area (Å²) in [5.41, 5.74) is 3.55. The zero-order valence-electron chi connectivity index (χ0n) is 16.2. The lowest BCUT2D eigenvalue weighted by molar-refractivity contribution is -0.116. The summed E-state index contributed by atoms with van der Waals surface area (Å²) in [4.78, 5) is 32.5. The molecule has 29 heavy (non-hydrogen) atoms. The van der Waals surface area contributed by atoms with E-state index in [1.165, 1.54) is 11.3 Å². The highest BCUT2D eigenvalue weighted by molar-refractivity contribution is 7.16. The highest BCUT2D eigenvalue weighted by atomic mass is 35.5. The molecule has 0 bridgehead atoms. The van der Waals surface area contributed by atoms with Gasteiger partial charge >= 0.3 is 0 Å². The fourth-order valence-corrected chi connectivity index (χ4v) is 4.14. The molecule has 0 atom stereocenters. The van der Waals surface area contributed by atoms with Crippen LogP contribution in [0.25, 0.3) is 11.3 Å². The number of halogens is 1. The van der Waals surface area contributed by atoms with Gasteiger partial charge in [0.1, 0.15) is 11.6 Å². The number of anilines is 1. The number of hydrogen-bond acceptors (Lipinski definition) is 5. The Bertz CT molecular complexity index is 1170. The molecule has 0 aliphatic carbocycles. The topological polar surface area (TPSA) is 98.6 Å². The third-order valence-corrected chi connectivity index (χ3v) is 5.82. The second-order valence-electron chi connectivity index (χ2n) is 6.65. The zero-order valence-corrected chi connectivity index (χ0v) is 17.8. The summed E-state index contributed by atoms with van der Waals surface area (Å²) in [6.07, 6.45) is 0.636. The Morgan fingerprint density at radius 2 is 1.97 bits per heavy atom. The molecule has 0 saturated carbocycles. The average molecular weight is 427 g/mol. The Kier molecular flexibility index (Phi) is 6.16. The lowest BCUT2D eigenvalue weighted by Crippen LogP contribution is -2.18. The number of nitrogens with one attached hydrogen (secondary N) is 2. The van der Waals surface area contributed by atoms with Crippen molar-refractivity contribution >= 4 is 34.0 Å². The number of hydrogen-bond donors (Lipinski definition) is 2. The van der Waals surface area contributed by atoms with Crippen LogP contribution in [0.1, 0.15) is 33.7 Å². The van der Waals surface area contributed by atoms with Crippen LogP contribution in [0.15, 0.2) is 29.1 Å². The van der Waals surface area contributed by atoms with Gasteiger partial charge in [0.25, 0.3) is 5.56 Å². The van der Waals surface area contributed by atoms with Crippen molar-refractivity contribution in [2.75, 3.05) is 5.32 Å². The number of nitrogens with zero attached hydrogens (tertiary/aromatic N) is 2. The smallest absolute Gasteiger partial charge is 0.266 e. The summed E-state index contributed by atoms with van der Waals surface area (Å²) < 4.78 is 0. The molecular formula is C21H19ClN4O2S. The van der Waals surface area contributed by atoms with Crippen LogP contribution in [0.5, 0.6) is 0 Å². The third kappa shape index (κ3) is 4.56. The summed E-state index contributed by atoms with van der Waals surface area (Å²) in [6.45, 7) is 5.45. The van der Waals surface area contributed by atoms with E-state index >= 15 is 0 Å². The Labute approximate surface area is 177 Å². The number of carbonyl (C=O) groups is 1. The maximum Gasteiger partial charge on any atom is 0.266 e. The van der Waals surface area contributed by atoms with Gasteiger partial charge in [0, 0.05) is 27.6 Å². The molecule has 2 N–H and O–H groups in total. The number of thiazole rings is 1. The first-order valence-electron chi connectivity index (χ1n) is 8.95. The first-order chi connectivity index (χ1) is 13.8. The van der Waals surface area contributed by atoms with Crippen LogP contribution in [-0.2, 0) is 11.2 Å². The molecule has 3 aromatic rings. The molecule has 1 aromatic carbocycles. The predicted octanol–water partition coefficient (Wildman–Crippen LogP) is 4.52. The Morgan fingerprint density at radius 1 is 1.28 bits per heavy atom. The largest absolute Gasteiger partial charge is 0.325 e. The quantitative estimate of drug-likeness (QED) is 0.626. The monoisotopic (exact) mass is 426 g/mol. The van der Waals surface area contributed by atoms with E-state index in [1.54, 1.807) is 26.0 Å². The van der Waals surface area contributed by atoms with Gasteiger partial charge in [0.2, 0.25) is 5.91 Å². The predicted molar refractivity (Wildman–Crippen MR) is 115 cm³/mol. The number of aromatic amines is 1. The highest BCUT2D eigenvalue weighted by Gasteiger charge is 2.15. The molecule has 0 unspecified atom stereocenters. The number of H-pyrrole nitrogens is 1. The van der Waals surface area contributed by atoms with Crippen molar-refractivity contribution in [2.45, 2.75) is 33.6 Å². The summed E-state index contributed by atoms with van der Waals surface area (Å²) in [5.74, 6) is -0.176. The number of carbonyl (C=O) groups excluding carboxylic acids is 1. The molecule has 0 spiro atoms. The third-order valence-electron chi connectivity index (χ3n) is 4.68. The van der Waals surface area contributed by atoms with Crippen molar-refractivity contribution in [3.05, 3.63) is 66.9 Å². The Balaban J connectivity index is 1.71. The van der Waals surface area contributed by atoms with Gasteiger partial charge in [-0.05, 0) is 50.5 Å². The molecule has 6 nitrogen and oxygen atoms in total. The fourth-order valence-electron chi connectivity index (χ4n) is 3.17. The maximum absolute atomic E-state index is 12.4. The summed E-state index contributed by atoms with van der Waals surface area (Å²) in [6, 6.07) is 9.32. The second kappa shape index (κ2) is 8.60. The molecule has 8 heteroatoms. The first kappa shape index (κ1) is 20.8. The van der Waals surface area contributed by atoms with Gasteiger partial charge in [-0.2, -0.15) is 5.26 Å². The lowest BCUT2D eigenvalue weighted by atomic mass is 9.99. The molecule has 0 fully saturated rings. The molecule has 0 aliphatic heterocycles. The van der Waals surface area contributed by atoms with Crippen LogP contribution in [0.3, 0.4) is 0 Å². The molecular weight excluding hydrogens is 408 g/mol. The highest BCUT2D eigenvalue weighted by Crippen LogP contribution is 2.31. The minimum absolute atomic E-state index is 0.0918. The van der Waals surface area contributed by atoms with Gasteiger partial charge in [0.15, 0.2) is 5.13 Å². The standard InChI is InChI=1S/C21H19ClN4O2S/c1-11-16(12(2)24-20(28)17(11)10-23)8-9-18(27)25-21-26-19(13(3)29-21)14-4-6-15(22)7-5-14/h4-7H,8-9H2,1-3H3,(H,24,28)(H,25,26,27). The van der Waals surface area contributed by atoms with Crippen molar-refractivity contribution in [3.63, 3.8) is 0 Å². The second-order valence-corrected chi connectivity index (χ2v) is 8.29. The normalized spacial score (nSPS) is 10.6. The molecule has 2 aromatic heterocycles. The van der Waals surface area contributed by atoms with Crippen LogP contribution < -0.4 is 10.9 Å². The van der Waals surface area contributed by atoms with Crippen LogP contribution in [-0.4, -0.2) is 15.9 Å². The van der Waals surface area contributed by atoms with E-state index in [4.69, 9.17) is 16.9 Å². The number of benzene rings is 1. The van der Waals surface area contributed by atoms with E-state index in [1.807, 2.05) is 25.1 Å². The van der Waals surface area contributed by atoms with Gasteiger partial charge in [0.05, 0.1) is 5.69 Å². The molecule has 0 saturated heterocycles. The number of nitriles is 1. The van der Waals surface area contributed by atoms with Gasteiger partial charge in [-0.15, -0.1) is 11.3 Å². The number of pyridine rings is 1. The lowest BCUT2D eigenvalue weighted by Gasteiger charge is -2.10. The fraction of sp³-hybridized carbons (Fsp3) is 0.238. The van der Waals surface area contributed by atoms with Crippen LogP contribution in [0.2, 0.25) is 5.02 Å². The minimum Gasteiger partial charge on any atom is -0.325 e. The van der Waals surface area contributed by atoms with Gasteiger partial charge < -0.3 is 10.3 Å². The van der Waals surface area contributed by atoms with Gasteiger partial charge in [-0.3, -0.25) is 9.59 Å². The summed E-state index contributed by atoms with van der Waals surface area (Å²) in [7, 11) is 0. The van der Waals surface area contributed by atoms with E-state index in [2.05, 4.69) is 15.3 Å². The molecule has 0 aliphatic rings. The van der Waals surface area contributed by atoms with Crippen molar-refractivity contribution in [3.8, 4) is 17.3 Å². The maximum atomic E-state index is 12.4. The van der Waals surface area contributed by atoms with Crippen molar-refractivity contribution in [1.29, 1.82) is 5.26 Å². The van der Waals surface area contributed by atoms with E-state index in [-0.39, 0.29) is 17.9 Å². The van der Waals surface area contributed by atoms with E-state index < -0.39 is 5.56 Å². The SMILES string of the molecule is Cc1[nH]c(=O)c(C#N)c(C)c1CCC(=O)Nc1nc(-c2ccc(Cl)cc2)c(C)s1. The number of amides is 1. The Hall–Kier alpha value is -2.95. The molecule has 2 heterocycles. The number of aromatic nitrogens is 2. The van der Waals surface area contributed by atoms with Gasteiger partial charge in [-0.1, -0.05) is 23.7 Å². The molecule has 1 amide bonds. The first-order valence-corrected chi connectivity index (χ1v) is 10.1. The van der Waals surface area contributed by atoms with Crippen molar-refractivity contribution < 1.29 is 4.79 Å². The number of rotatable bonds is 5. The van der Waals surface area contributed by atoms with Crippen molar-refractivity contribution in [1.82, 2.24) is 9.97 Å². The van der Waals surface area contributed by atoms with Gasteiger partial charge in [-0.25, -0.2) is 4.98 Å². The van der Waals surface area contributed by atoms with E-state index in [0.29, 0.717) is 27.8 Å². The minimum atomic E-state index is -0.399. The van der Waals surface area contributed by atoms with Crippen LogP contribution >= 0.6 is 22.9 Å². The zero-order chi connectivity index (χ0) is 21.1.